The highest BCUT2D eigenvalue weighted by Gasteiger charge is 2.34. The van der Waals surface area contributed by atoms with Crippen LogP contribution in [0.15, 0.2) is 61.1 Å². The van der Waals surface area contributed by atoms with Crippen molar-refractivity contribution in [2.75, 3.05) is 14.1 Å². The Balaban J connectivity index is 1.65. The van der Waals surface area contributed by atoms with Gasteiger partial charge in [0.15, 0.2) is 0 Å². The van der Waals surface area contributed by atoms with Crippen LogP contribution in [0, 0.1) is 6.92 Å². The van der Waals surface area contributed by atoms with Gasteiger partial charge in [-0.15, -0.1) is 0 Å². The van der Waals surface area contributed by atoms with E-state index in [4.69, 9.17) is 0 Å². The fraction of sp³-hybridized carbons (Fsp3) is 0.200. The topological polar surface area (TPSA) is 87.5 Å². The van der Waals surface area contributed by atoms with E-state index in [2.05, 4.69) is 23.6 Å². The van der Waals surface area contributed by atoms with Gasteiger partial charge >= 0.3 is 0 Å². The van der Waals surface area contributed by atoms with Crippen molar-refractivity contribution < 1.29 is 14.4 Å². The van der Waals surface area contributed by atoms with E-state index in [0.29, 0.717) is 5.56 Å². The number of aromatic nitrogens is 2. The van der Waals surface area contributed by atoms with E-state index in [1.807, 2.05) is 44.4 Å². The lowest BCUT2D eigenvalue weighted by Crippen LogP contribution is -2.38. The van der Waals surface area contributed by atoms with Gasteiger partial charge in [0.25, 0.3) is 17.7 Å². The molecule has 168 valence electrons. The van der Waals surface area contributed by atoms with Crippen molar-refractivity contribution in [3.8, 4) is 11.1 Å². The first-order valence-electron chi connectivity index (χ1n) is 10.4. The van der Waals surface area contributed by atoms with Gasteiger partial charge in [-0.2, -0.15) is 5.10 Å². The van der Waals surface area contributed by atoms with Crippen LogP contribution < -0.4 is 5.32 Å². The van der Waals surface area contributed by atoms with Crippen molar-refractivity contribution in [1.82, 2.24) is 24.9 Å². The summed E-state index contributed by atoms with van der Waals surface area (Å²) in [6, 6.07) is 9.53. The van der Waals surface area contributed by atoms with E-state index in [-0.39, 0.29) is 23.8 Å². The molecule has 1 aromatic heterocycles. The number of aryl methyl sites for hydroxylation is 2. The minimum atomic E-state index is -0.647. The Morgan fingerprint density at radius 2 is 1.79 bits per heavy atom. The predicted molar refractivity (Wildman–Crippen MR) is 126 cm³/mol. The molecule has 33 heavy (non-hydrogen) atoms. The monoisotopic (exact) mass is 443 g/mol. The fourth-order valence-corrected chi connectivity index (χ4v) is 4.10. The summed E-state index contributed by atoms with van der Waals surface area (Å²) < 4.78 is 1.78. The molecular weight excluding hydrogens is 418 g/mol. The van der Waals surface area contributed by atoms with Crippen molar-refractivity contribution in [2.45, 2.75) is 13.5 Å². The summed E-state index contributed by atoms with van der Waals surface area (Å²) in [4.78, 5) is 40.4. The van der Waals surface area contributed by atoms with Crippen molar-refractivity contribution in [3.63, 3.8) is 0 Å². The number of nitrogens with one attached hydrogen (secondary N) is 1. The smallest absolute Gasteiger partial charge is 0.271 e. The van der Waals surface area contributed by atoms with Gasteiger partial charge in [0, 0.05) is 38.3 Å². The van der Waals surface area contributed by atoms with Crippen LogP contribution in [0.1, 0.15) is 21.5 Å². The predicted octanol–water partition coefficient (Wildman–Crippen LogP) is 2.74. The molecule has 3 aromatic rings. The number of benzene rings is 2. The zero-order valence-corrected chi connectivity index (χ0v) is 19.1. The summed E-state index contributed by atoms with van der Waals surface area (Å²) in [5.74, 6) is -1.39. The molecule has 0 saturated carbocycles. The molecule has 1 aliphatic rings. The van der Waals surface area contributed by atoms with E-state index in [0.717, 1.165) is 33.2 Å². The lowest BCUT2D eigenvalue weighted by atomic mass is 9.92. The van der Waals surface area contributed by atoms with Crippen LogP contribution in [0.5, 0.6) is 0 Å². The van der Waals surface area contributed by atoms with Crippen LogP contribution >= 0.6 is 0 Å². The molecule has 1 N–H and O–H groups in total. The third-order valence-corrected chi connectivity index (χ3v) is 5.85. The van der Waals surface area contributed by atoms with Crippen molar-refractivity contribution in [3.05, 3.63) is 77.8 Å². The number of carbonyl (C=O) groups excluding carboxylic acids is 3. The average Bonchev–Trinajstić information content (AvgIpc) is 3.33. The molecule has 0 saturated heterocycles. The third-order valence-electron chi connectivity index (χ3n) is 5.85. The summed E-state index contributed by atoms with van der Waals surface area (Å²) in [7, 11) is 5.00. The highest BCUT2D eigenvalue weighted by molar-refractivity contribution is 6.08. The summed E-state index contributed by atoms with van der Waals surface area (Å²) in [5, 5.41) is 7.94. The standard InChI is InChI=1S/C25H25N5O3/c1-14-17(10-11-22-20(14)12-29(6)27-22)18-8-7-9-19-21(18)13-30(25(19)33)16(3)23(31)26-15(2)24(32)28(4)5/h7-12H,2-3,13H2,1,4-6H3,(H,26,31). The number of rotatable bonds is 5. The van der Waals surface area contributed by atoms with Gasteiger partial charge in [-0.25, -0.2) is 0 Å². The molecule has 0 fully saturated rings. The van der Waals surface area contributed by atoms with E-state index >= 15 is 0 Å². The van der Waals surface area contributed by atoms with Gasteiger partial charge in [-0.3, -0.25) is 24.0 Å². The Morgan fingerprint density at radius 3 is 2.48 bits per heavy atom. The lowest BCUT2D eigenvalue weighted by Gasteiger charge is -2.19. The maximum absolute atomic E-state index is 13.1. The molecule has 0 bridgehead atoms. The highest BCUT2D eigenvalue weighted by atomic mass is 16.2. The van der Waals surface area contributed by atoms with Crippen LogP contribution in [-0.4, -0.2) is 51.4 Å². The maximum atomic E-state index is 13.1. The molecule has 0 unspecified atom stereocenters. The fourth-order valence-electron chi connectivity index (χ4n) is 4.10. The van der Waals surface area contributed by atoms with Crippen molar-refractivity contribution >= 4 is 28.6 Å². The number of nitrogens with zero attached hydrogens (tertiary/aromatic N) is 4. The summed E-state index contributed by atoms with van der Waals surface area (Å²) in [6.45, 7) is 9.64. The van der Waals surface area contributed by atoms with Crippen molar-refractivity contribution in [2.24, 2.45) is 7.05 Å². The first-order chi connectivity index (χ1) is 15.6. The number of likely N-dealkylation sites (N-methyl/N-ethyl adjacent to an activating group) is 1. The average molecular weight is 444 g/mol. The molecular formula is C25H25N5O3. The first kappa shape index (κ1) is 22.0. The zero-order valence-electron chi connectivity index (χ0n) is 19.1. The van der Waals surface area contributed by atoms with Gasteiger partial charge in [0.2, 0.25) is 0 Å². The molecule has 0 aliphatic carbocycles. The molecule has 8 nitrogen and oxygen atoms in total. The minimum absolute atomic E-state index is 0.0470. The Kier molecular flexibility index (Phi) is 5.37. The van der Waals surface area contributed by atoms with Gasteiger partial charge in [-0.1, -0.05) is 31.4 Å². The summed E-state index contributed by atoms with van der Waals surface area (Å²) >= 11 is 0. The molecule has 1 aliphatic heterocycles. The molecule has 2 heterocycles. The van der Waals surface area contributed by atoms with Crippen LogP contribution in [-0.2, 0) is 23.2 Å². The number of fused-ring (bicyclic) bond motifs is 2. The number of hydrogen-bond donors (Lipinski definition) is 1. The Hall–Kier alpha value is -4.20. The lowest BCUT2D eigenvalue weighted by molar-refractivity contribution is -0.127. The van der Waals surface area contributed by atoms with Crippen LogP contribution in [0.2, 0.25) is 0 Å². The second-order valence-corrected chi connectivity index (χ2v) is 8.28. The van der Waals surface area contributed by atoms with Gasteiger partial charge < -0.3 is 10.2 Å². The van der Waals surface area contributed by atoms with E-state index < -0.39 is 11.8 Å². The molecule has 0 atom stereocenters. The first-order valence-corrected chi connectivity index (χ1v) is 10.4. The largest absolute Gasteiger partial charge is 0.344 e. The molecule has 2 aromatic carbocycles. The normalized spacial score (nSPS) is 12.6. The molecule has 0 spiro atoms. The van der Waals surface area contributed by atoms with Crippen LogP contribution in [0.4, 0.5) is 0 Å². The number of amides is 3. The zero-order chi connectivity index (χ0) is 24.0. The molecule has 3 amide bonds. The second-order valence-electron chi connectivity index (χ2n) is 8.28. The second kappa shape index (κ2) is 8.05. The summed E-state index contributed by atoms with van der Waals surface area (Å²) in [5.41, 5.74) is 5.11. The van der Waals surface area contributed by atoms with E-state index in [1.165, 1.54) is 9.80 Å². The van der Waals surface area contributed by atoms with Crippen LogP contribution in [0.25, 0.3) is 22.0 Å². The molecule has 0 radical (unpaired) electrons. The quantitative estimate of drug-likeness (QED) is 0.615. The Bertz CT molecular complexity index is 1370. The minimum Gasteiger partial charge on any atom is -0.344 e. The Morgan fingerprint density at radius 1 is 1.09 bits per heavy atom. The Labute approximate surface area is 191 Å². The number of carbonyl (C=O) groups is 3. The number of hydrogen-bond acceptors (Lipinski definition) is 4. The maximum Gasteiger partial charge on any atom is 0.271 e. The van der Waals surface area contributed by atoms with Crippen molar-refractivity contribution in [1.29, 1.82) is 0 Å². The summed E-state index contributed by atoms with van der Waals surface area (Å²) in [6.07, 6.45) is 1.98. The van der Waals surface area contributed by atoms with E-state index in [1.54, 1.807) is 24.8 Å². The molecule has 4 rings (SSSR count). The van der Waals surface area contributed by atoms with Gasteiger partial charge in [0.1, 0.15) is 5.70 Å². The van der Waals surface area contributed by atoms with Crippen LogP contribution in [0.3, 0.4) is 0 Å². The van der Waals surface area contributed by atoms with Gasteiger partial charge in [-0.05, 0) is 41.3 Å². The third kappa shape index (κ3) is 3.69. The SMILES string of the molecule is C=C(NC(=O)C(=C)N1Cc2c(cccc2-c2ccc3nn(C)cc3c2C)C1=O)C(=O)N(C)C. The highest BCUT2D eigenvalue weighted by Crippen LogP contribution is 2.37. The van der Waals surface area contributed by atoms with E-state index in [9.17, 15) is 14.4 Å². The molecule has 8 heteroatoms. The van der Waals surface area contributed by atoms with Gasteiger partial charge in [0.05, 0.1) is 17.8 Å².